The summed E-state index contributed by atoms with van der Waals surface area (Å²) in [5, 5.41) is 7.98. The van der Waals surface area contributed by atoms with E-state index >= 15 is 0 Å². The van der Waals surface area contributed by atoms with E-state index in [1.807, 2.05) is 29.1 Å². The van der Waals surface area contributed by atoms with Gasteiger partial charge in [0.1, 0.15) is 5.01 Å². The average Bonchev–Trinajstić information content (AvgIpc) is 3.10. The molecule has 108 valence electrons. The van der Waals surface area contributed by atoms with Gasteiger partial charge in [-0.15, -0.1) is 22.9 Å². The van der Waals surface area contributed by atoms with Crippen LogP contribution in [0.2, 0.25) is 5.02 Å². The van der Waals surface area contributed by atoms with Gasteiger partial charge in [-0.1, -0.05) is 35.9 Å². The molecule has 0 saturated carbocycles. The van der Waals surface area contributed by atoms with Crippen molar-refractivity contribution in [1.82, 2.24) is 14.8 Å². The Bertz CT molecular complexity index is 764. The molecule has 2 heterocycles. The maximum atomic E-state index is 6.07. The summed E-state index contributed by atoms with van der Waals surface area (Å²) < 4.78 is 1.90. The number of benzene rings is 1. The molecule has 0 spiro atoms. The van der Waals surface area contributed by atoms with Crippen molar-refractivity contribution in [2.24, 2.45) is 0 Å². The molecule has 0 N–H and O–H groups in total. The van der Waals surface area contributed by atoms with Crippen LogP contribution in [0.15, 0.2) is 35.8 Å². The first kappa shape index (κ1) is 14.6. The van der Waals surface area contributed by atoms with Crippen LogP contribution < -0.4 is 0 Å². The van der Waals surface area contributed by atoms with Crippen molar-refractivity contribution in [2.75, 3.05) is 0 Å². The topological polar surface area (TPSA) is 30.7 Å². The molecule has 2 aromatic heterocycles. The fourth-order valence-corrected chi connectivity index (χ4v) is 3.35. The maximum Gasteiger partial charge on any atom is 0.124 e. The van der Waals surface area contributed by atoms with Crippen LogP contribution in [0, 0.1) is 6.92 Å². The molecule has 0 unspecified atom stereocenters. The first-order valence-electron chi connectivity index (χ1n) is 6.45. The number of alkyl halides is 1. The van der Waals surface area contributed by atoms with Crippen LogP contribution in [0.5, 0.6) is 0 Å². The number of thiazole rings is 1. The molecule has 0 amide bonds. The number of nitrogens with zero attached hydrogens (tertiary/aromatic N) is 3. The number of hydrogen-bond acceptors (Lipinski definition) is 3. The predicted octanol–water partition coefficient (Wildman–Crippen LogP) is 4.76. The van der Waals surface area contributed by atoms with Crippen LogP contribution >= 0.6 is 34.5 Å². The maximum absolute atomic E-state index is 6.07. The summed E-state index contributed by atoms with van der Waals surface area (Å²) in [5.74, 6) is 0.437. The van der Waals surface area contributed by atoms with Gasteiger partial charge in [0.15, 0.2) is 0 Å². The lowest BCUT2D eigenvalue weighted by Gasteiger charge is -2.09. The standard InChI is InChI=1S/C15H13Cl2N3S/c1-10-14(17)7-18-20(10)8-11-4-2-3-5-13(11)15-19-12(6-16)9-21-15/h2-5,7,9H,6,8H2,1H3. The Labute approximate surface area is 137 Å². The minimum Gasteiger partial charge on any atom is -0.264 e. The molecule has 6 heteroatoms. The van der Waals surface area contributed by atoms with Crippen molar-refractivity contribution >= 4 is 34.5 Å². The molecule has 0 radical (unpaired) electrons. The number of rotatable bonds is 4. The van der Waals surface area contributed by atoms with E-state index in [1.54, 1.807) is 17.5 Å². The van der Waals surface area contributed by atoms with E-state index in [9.17, 15) is 0 Å². The zero-order chi connectivity index (χ0) is 14.8. The van der Waals surface area contributed by atoms with Gasteiger partial charge in [-0.05, 0) is 12.5 Å². The summed E-state index contributed by atoms with van der Waals surface area (Å²) in [6.45, 7) is 2.64. The van der Waals surface area contributed by atoms with Gasteiger partial charge in [0.2, 0.25) is 0 Å². The first-order chi connectivity index (χ1) is 10.2. The van der Waals surface area contributed by atoms with E-state index in [2.05, 4.69) is 22.2 Å². The van der Waals surface area contributed by atoms with Crippen molar-refractivity contribution < 1.29 is 0 Å². The summed E-state index contributed by atoms with van der Waals surface area (Å²) in [6.07, 6.45) is 1.68. The van der Waals surface area contributed by atoms with Gasteiger partial charge in [-0.25, -0.2) is 4.98 Å². The lowest BCUT2D eigenvalue weighted by molar-refractivity contribution is 0.666. The molecular weight excluding hydrogens is 325 g/mol. The van der Waals surface area contributed by atoms with Crippen LogP contribution in [0.4, 0.5) is 0 Å². The van der Waals surface area contributed by atoms with Gasteiger partial charge >= 0.3 is 0 Å². The second-order valence-electron chi connectivity index (χ2n) is 4.67. The third-order valence-electron chi connectivity index (χ3n) is 3.30. The fraction of sp³-hybridized carbons (Fsp3) is 0.200. The monoisotopic (exact) mass is 337 g/mol. The third kappa shape index (κ3) is 2.98. The normalized spacial score (nSPS) is 11.0. The second kappa shape index (κ2) is 6.18. The summed E-state index contributed by atoms with van der Waals surface area (Å²) in [5.41, 5.74) is 4.15. The van der Waals surface area contributed by atoms with Crippen molar-refractivity contribution in [3.8, 4) is 10.6 Å². The first-order valence-corrected chi connectivity index (χ1v) is 8.25. The van der Waals surface area contributed by atoms with Crippen molar-refractivity contribution in [2.45, 2.75) is 19.3 Å². The van der Waals surface area contributed by atoms with Crippen LogP contribution in [0.1, 0.15) is 17.0 Å². The molecule has 3 aromatic rings. The molecule has 3 rings (SSSR count). The zero-order valence-corrected chi connectivity index (χ0v) is 13.7. The molecule has 0 bridgehead atoms. The van der Waals surface area contributed by atoms with Gasteiger partial charge in [0, 0.05) is 10.9 Å². The largest absolute Gasteiger partial charge is 0.264 e. The minimum atomic E-state index is 0.437. The molecule has 0 aliphatic carbocycles. The van der Waals surface area contributed by atoms with Gasteiger partial charge in [0.05, 0.1) is 35.0 Å². The average molecular weight is 338 g/mol. The lowest BCUT2D eigenvalue weighted by atomic mass is 10.1. The Kier molecular flexibility index (Phi) is 4.29. The van der Waals surface area contributed by atoms with Crippen LogP contribution in [-0.2, 0) is 12.4 Å². The predicted molar refractivity (Wildman–Crippen MR) is 88.2 cm³/mol. The van der Waals surface area contributed by atoms with Crippen molar-refractivity contribution in [3.63, 3.8) is 0 Å². The van der Waals surface area contributed by atoms with E-state index in [0.29, 0.717) is 17.4 Å². The van der Waals surface area contributed by atoms with E-state index in [0.717, 1.165) is 27.5 Å². The molecule has 0 aliphatic heterocycles. The molecule has 21 heavy (non-hydrogen) atoms. The van der Waals surface area contributed by atoms with Gasteiger partial charge in [-0.2, -0.15) is 5.10 Å². The minimum absolute atomic E-state index is 0.437. The highest BCUT2D eigenvalue weighted by atomic mass is 35.5. The highest BCUT2D eigenvalue weighted by Gasteiger charge is 2.11. The van der Waals surface area contributed by atoms with Gasteiger partial charge in [0.25, 0.3) is 0 Å². The van der Waals surface area contributed by atoms with Crippen LogP contribution in [-0.4, -0.2) is 14.8 Å². The summed E-state index contributed by atoms with van der Waals surface area (Å²) in [4.78, 5) is 4.56. The zero-order valence-electron chi connectivity index (χ0n) is 11.4. The van der Waals surface area contributed by atoms with Gasteiger partial charge < -0.3 is 0 Å². The highest BCUT2D eigenvalue weighted by Crippen LogP contribution is 2.28. The molecule has 0 aliphatic rings. The summed E-state index contributed by atoms with van der Waals surface area (Å²) >= 11 is 13.5. The van der Waals surface area contributed by atoms with Gasteiger partial charge in [-0.3, -0.25) is 4.68 Å². The Balaban J connectivity index is 1.98. The number of hydrogen-bond donors (Lipinski definition) is 0. The molecule has 0 saturated heterocycles. The van der Waals surface area contributed by atoms with E-state index in [4.69, 9.17) is 23.2 Å². The molecular formula is C15H13Cl2N3S. The quantitative estimate of drug-likeness (QED) is 0.643. The fourth-order valence-electron chi connectivity index (χ4n) is 2.10. The Morgan fingerprint density at radius 3 is 2.76 bits per heavy atom. The second-order valence-corrected chi connectivity index (χ2v) is 6.20. The Morgan fingerprint density at radius 2 is 2.10 bits per heavy atom. The summed E-state index contributed by atoms with van der Waals surface area (Å²) in [6, 6.07) is 8.21. The van der Waals surface area contributed by atoms with E-state index in [1.165, 1.54) is 0 Å². The van der Waals surface area contributed by atoms with Crippen LogP contribution in [0.3, 0.4) is 0 Å². The Morgan fingerprint density at radius 1 is 1.29 bits per heavy atom. The molecule has 3 nitrogen and oxygen atoms in total. The molecule has 0 atom stereocenters. The number of aromatic nitrogens is 3. The SMILES string of the molecule is Cc1c(Cl)cnn1Cc1ccccc1-c1nc(CCl)cs1. The third-order valence-corrected chi connectivity index (χ3v) is 4.87. The highest BCUT2D eigenvalue weighted by molar-refractivity contribution is 7.13. The van der Waals surface area contributed by atoms with E-state index < -0.39 is 0 Å². The van der Waals surface area contributed by atoms with E-state index in [-0.39, 0.29) is 0 Å². The Hall–Kier alpha value is -1.36. The molecule has 0 fully saturated rings. The summed E-state index contributed by atoms with van der Waals surface area (Å²) in [7, 11) is 0. The van der Waals surface area contributed by atoms with Crippen molar-refractivity contribution in [1.29, 1.82) is 0 Å². The number of halogens is 2. The van der Waals surface area contributed by atoms with Crippen molar-refractivity contribution in [3.05, 3.63) is 57.8 Å². The lowest BCUT2D eigenvalue weighted by Crippen LogP contribution is -2.04. The smallest absolute Gasteiger partial charge is 0.124 e. The molecule has 1 aromatic carbocycles. The van der Waals surface area contributed by atoms with Crippen LogP contribution in [0.25, 0.3) is 10.6 Å².